The van der Waals surface area contributed by atoms with Gasteiger partial charge in [-0.2, -0.15) is 0 Å². The molecule has 3 aromatic rings. The Labute approximate surface area is 211 Å². The Hall–Kier alpha value is -3.58. The van der Waals surface area contributed by atoms with Crippen molar-refractivity contribution in [1.82, 2.24) is 4.57 Å². The lowest BCUT2D eigenvalue weighted by Crippen LogP contribution is -2.32. The van der Waals surface area contributed by atoms with E-state index in [4.69, 9.17) is 14.2 Å². The molecule has 0 saturated heterocycles. The van der Waals surface area contributed by atoms with Crippen LogP contribution in [0.4, 0.5) is 0 Å². The van der Waals surface area contributed by atoms with E-state index in [1.807, 2.05) is 34.9 Å². The highest BCUT2D eigenvalue weighted by molar-refractivity contribution is 5.88. The van der Waals surface area contributed by atoms with Gasteiger partial charge in [0.25, 0.3) is 0 Å². The van der Waals surface area contributed by atoms with E-state index in [2.05, 4.69) is 26.8 Å². The van der Waals surface area contributed by atoms with Gasteiger partial charge in [0.2, 0.25) is 0 Å². The Bertz CT molecular complexity index is 1330. The van der Waals surface area contributed by atoms with Crippen molar-refractivity contribution in [2.24, 2.45) is 5.41 Å². The van der Waals surface area contributed by atoms with Crippen LogP contribution < -0.4 is 14.9 Å². The number of methoxy groups -OCH3 is 2. The molecule has 0 spiro atoms. The van der Waals surface area contributed by atoms with Gasteiger partial charge in [0, 0.05) is 49.6 Å². The number of hydrogen-bond donors (Lipinski definition) is 1. The first kappa shape index (κ1) is 25.5. The SMILES string of the molecule is COCCCOc1cc2c(cc1-c1cccc(OC)c1)-c1cc(=O)c(C(=O)O)cn1[C@H](C(C)(C)C)C2. The second-order valence-corrected chi connectivity index (χ2v) is 10.2. The van der Waals surface area contributed by atoms with Crippen LogP contribution in [0.2, 0.25) is 0 Å². The quantitative estimate of drug-likeness (QED) is 0.422. The number of aromatic carboxylic acids is 1. The van der Waals surface area contributed by atoms with E-state index in [9.17, 15) is 14.7 Å². The fourth-order valence-electron chi connectivity index (χ4n) is 4.76. The summed E-state index contributed by atoms with van der Waals surface area (Å²) in [5, 5.41) is 9.60. The van der Waals surface area contributed by atoms with Crippen molar-refractivity contribution >= 4 is 5.97 Å². The molecule has 7 nitrogen and oxygen atoms in total. The number of carbonyl (C=O) groups is 1. The third-order valence-corrected chi connectivity index (χ3v) is 6.67. The van der Waals surface area contributed by atoms with Gasteiger partial charge in [0.1, 0.15) is 17.1 Å². The van der Waals surface area contributed by atoms with Crippen molar-refractivity contribution in [3.8, 4) is 33.9 Å². The lowest BCUT2D eigenvalue weighted by molar-refractivity contribution is 0.0693. The topological polar surface area (TPSA) is 87.0 Å². The van der Waals surface area contributed by atoms with Crippen LogP contribution in [-0.2, 0) is 11.2 Å². The van der Waals surface area contributed by atoms with E-state index < -0.39 is 11.4 Å². The van der Waals surface area contributed by atoms with Crippen molar-refractivity contribution in [3.05, 3.63) is 70.0 Å². The third-order valence-electron chi connectivity index (χ3n) is 6.67. The number of hydrogen-bond acceptors (Lipinski definition) is 5. The summed E-state index contributed by atoms with van der Waals surface area (Å²) in [7, 11) is 3.30. The molecule has 1 aromatic heterocycles. The smallest absolute Gasteiger partial charge is 0.341 e. The standard InChI is InChI=1S/C29H33NO6/c1-29(2,3)27-14-19-13-26(36-11-7-10-34-4)22(18-8-6-9-20(12-18)35-5)15-21(19)24-16-25(31)23(28(32)33)17-30(24)27/h6,8-9,12-13,15-17,27H,7,10-11,14H2,1-5H3,(H,32,33)/t27-/m0/s1. The first-order valence-electron chi connectivity index (χ1n) is 12.1. The van der Waals surface area contributed by atoms with Gasteiger partial charge in [-0.3, -0.25) is 4.79 Å². The molecule has 2 heterocycles. The maximum Gasteiger partial charge on any atom is 0.341 e. The van der Waals surface area contributed by atoms with E-state index in [-0.39, 0.29) is 17.0 Å². The number of nitrogens with zero attached hydrogens (tertiary/aromatic N) is 1. The summed E-state index contributed by atoms with van der Waals surface area (Å²) in [5.41, 5.74) is 3.56. The molecule has 190 valence electrons. The Kier molecular flexibility index (Phi) is 7.22. The van der Waals surface area contributed by atoms with Gasteiger partial charge in [-0.15, -0.1) is 0 Å². The van der Waals surface area contributed by atoms with Crippen LogP contribution in [-0.4, -0.2) is 43.1 Å². The van der Waals surface area contributed by atoms with Crippen LogP contribution in [0.1, 0.15) is 49.2 Å². The zero-order valence-corrected chi connectivity index (χ0v) is 21.5. The average Bonchev–Trinajstić information content (AvgIpc) is 2.84. The monoisotopic (exact) mass is 491 g/mol. The van der Waals surface area contributed by atoms with Gasteiger partial charge < -0.3 is 23.9 Å². The second-order valence-electron chi connectivity index (χ2n) is 10.2. The van der Waals surface area contributed by atoms with Gasteiger partial charge in [0.05, 0.1) is 19.4 Å². The first-order valence-corrected chi connectivity index (χ1v) is 12.1. The summed E-state index contributed by atoms with van der Waals surface area (Å²) in [4.78, 5) is 24.5. The third kappa shape index (κ3) is 5.02. The second kappa shape index (κ2) is 10.2. The number of rotatable bonds is 8. The van der Waals surface area contributed by atoms with Crippen LogP contribution in [0.25, 0.3) is 22.4 Å². The highest BCUT2D eigenvalue weighted by Gasteiger charge is 2.34. The predicted octanol–water partition coefficient (Wildman–Crippen LogP) is 5.45. The molecule has 0 fully saturated rings. The zero-order chi connectivity index (χ0) is 26.0. The lowest BCUT2D eigenvalue weighted by Gasteiger charge is -2.39. The molecule has 0 amide bonds. The van der Waals surface area contributed by atoms with Crippen molar-refractivity contribution in [3.63, 3.8) is 0 Å². The zero-order valence-electron chi connectivity index (χ0n) is 21.5. The minimum absolute atomic E-state index is 0.0392. The molecule has 36 heavy (non-hydrogen) atoms. The van der Waals surface area contributed by atoms with E-state index in [1.54, 1.807) is 14.2 Å². The normalized spacial score (nSPS) is 14.6. The molecule has 1 N–H and O–H groups in total. The molecule has 1 aliphatic heterocycles. The molecule has 1 atom stereocenters. The van der Waals surface area contributed by atoms with E-state index in [1.165, 1.54) is 12.3 Å². The molecular weight excluding hydrogens is 458 g/mol. The highest BCUT2D eigenvalue weighted by Crippen LogP contribution is 2.46. The Morgan fingerprint density at radius 1 is 1.08 bits per heavy atom. The molecule has 0 bridgehead atoms. The van der Waals surface area contributed by atoms with Crippen molar-refractivity contribution < 1.29 is 24.1 Å². The summed E-state index contributed by atoms with van der Waals surface area (Å²) < 4.78 is 18.8. The molecule has 2 aromatic carbocycles. The van der Waals surface area contributed by atoms with Crippen LogP contribution in [0.3, 0.4) is 0 Å². The number of fused-ring (bicyclic) bond motifs is 3. The Morgan fingerprint density at radius 2 is 1.86 bits per heavy atom. The van der Waals surface area contributed by atoms with Gasteiger partial charge >= 0.3 is 5.97 Å². The van der Waals surface area contributed by atoms with E-state index in [0.717, 1.165) is 40.2 Å². The minimum atomic E-state index is -1.22. The molecule has 0 radical (unpaired) electrons. The molecule has 4 rings (SSSR count). The predicted molar refractivity (Wildman–Crippen MR) is 139 cm³/mol. The number of aromatic nitrogens is 1. The van der Waals surface area contributed by atoms with Crippen molar-refractivity contribution in [2.45, 2.75) is 39.7 Å². The van der Waals surface area contributed by atoms with Crippen molar-refractivity contribution in [1.29, 1.82) is 0 Å². The maximum absolute atomic E-state index is 12.8. The largest absolute Gasteiger partial charge is 0.497 e. The lowest BCUT2D eigenvalue weighted by atomic mass is 9.78. The van der Waals surface area contributed by atoms with Crippen LogP contribution in [0.5, 0.6) is 11.5 Å². The molecule has 0 unspecified atom stereocenters. The van der Waals surface area contributed by atoms with Gasteiger partial charge in [-0.1, -0.05) is 32.9 Å². The van der Waals surface area contributed by atoms with Gasteiger partial charge in [0.15, 0.2) is 5.43 Å². The summed E-state index contributed by atoms with van der Waals surface area (Å²) in [6, 6.07) is 13.3. The number of pyridine rings is 1. The van der Waals surface area contributed by atoms with Crippen LogP contribution in [0.15, 0.2) is 53.5 Å². The molecule has 7 heteroatoms. The summed E-state index contributed by atoms with van der Waals surface area (Å²) in [5.74, 6) is 0.264. The summed E-state index contributed by atoms with van der Waals surface area (Å²) >= 11 is 0. The molecular formula is C29H33NO6. The first-order chi connectivity index (χ1) is 17.1. The van der Waals surface area contributed by atoms with Gasteiger partial charge in [-0.25, -0.2) is 4.79 Å². The van der Waals surface area contributed by atoms with Crippen LogP contribution >= 0.6 is 0 Å². The number of carboxylic acids is 1. The maximum atomic E-state index is 12.8. The van der Waals surface area contributed by atoms with E-state index >= 15 is 0 Å². The average molecular weight is 492 g/mol. The van der Waals surface area contributed by atoms with Crippen LogP contribution in [0, 0.1) is 5.41 Å². The van der Waals surface area contributed by atoms with Crippen molar-refractivity contribution in [2.75, 3.05) is 27.4 Å². The molecule has 0 aliphatic carbocycles. The number of ether oxygens (including phenoxy) is 3. The van der Waals surface area contributed by atoms with E-state index in [0.29, 0.717) is 25.3 Å². The fourth-order valence-corrected chi connectivity index (χ4v) is 4.76. The fraction of sp³-hybridized carbons (Fsp3) is 0.379. The molecule has 1 aliphatic rings. The number of carboxylic acid groups (broad SMARTS) is 1. The minimum Gasteiger partial charge on any atom is -0.497 e. The Balaban J connectivity index is 1.93. The molecule has 0 saturated carbocycles. The van der Waals surface area contributed by atoms with Gasteiger partial charge in [-0.05, 0) is 47.2 Å². The summed E-state index contributed by atoms with van der Waals surface area (Å²) in [6.45, 7) is 7.48. The summed E-state index contributed by atoms with van der Waals surface area (Å²) in [6.07, 6.45) is 2.94. The number of benzene rings is 2. The Morgan fingerprint density at radius 3 is 2.53 bits per heavy atom. The highest BCUT2D eigenvalue weighted by atomic mass is 16.5.